The van der Waals surface area contributed by atoms with Crippen molar-refractivity contribution >= 4 is 26.9 Å². The van der Waals surface area contributed by atoms with Crippen molar-refractivity contribution in [1.29, 1.82) is 0 Å². The molecule has 142 valence electrons. The first kappa shape index (κ1) is 19.5. The molecule has 0 aliphatic rings. The van der Waals surface area contributed by atoms with E-state index in [-0.39, 0.29) is 16.5 Å². The summed E-state index contributed by atoms with van der Waals surface area (Å²) in [5.74, 6) is 1.02. The summed E-state index contributed by atoms with van der Waals surface area (Å²) in [5.41, 5.74) is -0.324. The van der Waals surface area contributed by atoms with Crippen molar-refractivity contribution < 1.29 is 22.3 Å². The van der Waals surface area contributed by atoms with Gasteiger partial charge in [0.25, 0.3) is 0 Å². The number of halogens is 4. The molecule has 0 radical (unpaired) electrons. The molecule has 27 heavy (non-hydrogen) atoms. The van der Waals surface area contributed by atoms with E-state index in [1.54, 1.807) is 31.2 Å². The zero-order valence-electron chi connectivity index (χ0n) is 14.4. The Hall–Kier alpha value is -2.28. The topological polar surface area (TPSA) is 39.4 Å². The zero-order chi connectivity index (χ0) is 19.6. The van der Waals surface area contributed by atoms with Crippen LogP contribution >= 0.6 is 15.9 Å². The lowest BCUT2D eigenvalue weighted by molar-refractivity contribution is -0.137. The normalized spacial score (nSPS) is 11.7. The van der Waals surface area contributed by atoms with Gasteiger partial charge in [0.2, 0.25) is 0 Å². The smallest absolute Gasteiger partial charge is 0.416 e. The second-order valence-corrected chi connectivity index (χ2v) is 6.80. The van der Waals surface area contributed by atoms with E-state index >= 15 is 0 Å². The van der Waals surface area contributed by atoms with Crippen LogP contribution in [-0.4, -0.2) is 11.9 Å². The van der Waals surface area contributed by atoms with Crippen molar-refractivity contribution in [3.8, 4) is 17.1 Å². The fraction of sp³-hybridized carbons (Fsp3) is 0.250. The molecule has 0 saturated carbocycles. The third kappa shape index (κ3) is 4.18. The highest BCUT2D eigenvalue weighted by Gasteiger charge is 2.31. The highest BCUT2D eigenvalue weighted by atomic mass is 79.9. The van der Waals surface area contributed by atoms with E-state index in [1.165, 1.54) is 6.07 Å². The van der Waals surface area contributed by atoms with E-state index in [0.29, 0.717) is 23.7 Å². The minimum atomic E-state index is -4.52. The Morgan fingerprint density at radius 3 is 2.44 bits per heavy atom. The van der Waals surface area contributed by atoms with Crippen LogP contribution in [0, 0.1) is 6.92 Å². The SMILES string of the molecule is Cc1c(-c2ccc(OCCCBr)cc2)oc2ccc(C(F)(F)F)cc2c1=O. The van der Waals surface area contributed by atoms with Crippen LogP contribution in [0.3, 0.4) is 0 Å². The van der Waals surface area contributed by atoms with E-state index in [4.69, 9.17) is 9.15 Å². The molecule has 3 aromatic rings. The molecule has 7 heteroatoms. The van der Waals surface area contributed by atoms with Crippen LogP contribution in [0.25, 0.3) is 22.3 Å². The third-order valence-electron chi connectivity index (χ3n) is 4.11. The van der Waals surface area contributed by atoms with Crippen LogP contribution in [-0.2, 0) is 6.18 Å². The van der Waals surface area contributed by atoms with Gasteiger partial charge in [0.05, 0.1) is 17.6 Å². The van der Waals surface area contributed by atoms with Crippen LogP contribution in [0.15, 0.2) is 51.7 Å². The number of fused-ring (bicyclic) bond motifs is 1. The van der Waals surface area contributed by atoms with Crippen molar-refractivity contribution in [3.63, 3.8) is 0 Å². The monoisotopic (exact) mass is 440 g/mol. The Morgan fingerprint density at radius 1 is 1.11 bits per heavy atom. The molecule has 0 N–H and O–H groups in total. The van der Waals surface area contributed by atoms with Gasteiger partial charge >= 0.3 is 6.18 Å². The summed E-state index contributed by atoms with van der Waals surface area (Å²) in [7, 11) is 0. The Labute approximate surface area is 161 Å². The summed E-state index contributed by atoms with van der Waals surface area (Å²) >= 11 is 3.33. The minimum absolute atomic E-state index is 0.0826. The van der Waals surface area contributed by atoms with E-state index < -0.39 is 17.2 Å². The van der Waals surface area contributed by atoms with Gasteiger partial charge in [-0.1, -0.05) is 15.9 Å². The molecule has 3 nitrogen and oxygen atoms in total. The molecular weight excluding hydrogens is 425 g/mol. The molecule has 0 aliphatic carbocycles. The fourth-order valence-corrected chi connectivity index (χ4v) is 2.92. The van der Waals surface area contributed by atoms with E-state index in [9.17, 15) is 18.0 Å². The quantitative estimate of drug-likeness (QED) is 0.363. The highest BCUT2D eigenvalue weighted by molar-refractivity contribution is 9.09. The number of hydrogen-bond donors (Lipinski definition) is 0. The number of benzene rings is 2. The predicted molar refractivity (Wildman–Crippen MR) is 102 cm³/mol. The molecule has 0 amide bonds. The average Bonchev–Trinajstić information content (AvgIpc) is 2.64. The summed E-state index contributed by atoms with van der Waals surface area (Å²) in [6, 6.07) is 9.96. The summed E-state index contributed by atoms with van der Waals surface area (Å²) in [6.45, 7) is 2.12. The summed E-state index contributed by atoms with van der Waals surface area (Å²) in [6.07, 6.45) is -3.64. The van der Waals surface area contributed by atoms with Gasteiger partial charge in [-0.25, -0.2) is 0 Å². The lowest BCUT2D eigenvalue weighted by atomic mass is 10.0. The Kier molecular flexibility index (Phi) is 5.60. The first-order chi connectivity index (χ1) is 12.8. The van der Waals surface area contributed by atoms with E-state index in [2.05, 4.69) is 15.9 Å². The number of ether oxygens (including phenoxy) is 1. The molecule has 0 atom stereocenters. The van der Waals surface area contributed by atoms with Crippen molar-refractivity contribution in [2.75, 3.05) is 11.9 Å². The summed E-state index contributed by atoms with van der Waals surface area (Å²) in [4.78, 5) is 12.6. The van der Waals surface area contributed by atoms with Gasteiger partial charge in [0.1, 0.15) is 17.1 Å². The molecule has 2 aromatic carbocycles. The second-order valence-electron chi connectivity index (χ2n) is 6.01. The van der Waals surface area contributed by atoms with Crippen molar-refractivity contribution in [1.82, 2.24) is 0 Å². The highest BCUT2D eigenvalue weighted by Crippen LogP contribution is 2.32. The molecule has 0 fully saturated rings. The third-order valence-corrected chi connectivity index (χ3v) is 4.67. The number of hydrogen-bond acceptors (Lipinski definition) is 3. The molecule has 1 heterocycles. The standard InChI is InChI=1S/C20H16BrF3O3/c1-12-18(25)16-11-14(20(22,23)24)5-8-17(16)27-19(12)13-3-6-15(7-4-13)26-10-2-9-21/h3-8,11H,2,9-10H2,1H3. The van der Waals surface area contributed by atoms with Gasteiger partial charge < -0.3 is 9.15 Å². The van der Waals surface area contributed by atoms with Gasteiger partial charge in [0.15, 0.2) is 5.43 Å². The number of rotatable bonds is 5. The molecule has 0 unspecified atom stereocenters. The first-order valence-electron chi connectivity index (χ1n) is 8.25. The first-order valence-corrected chi connectivity index (χ1v) is 9.37. The predicted octanol–water partition coefficient (Wildman–Crippen LogP) is 5.95. The Morgan fingerprint density at radius 2 is 1.81 bits per heavy atom. The summed E-state index contributed by atoms with van der Waals surface area (Å²) in [5, 5.41) is 0.767. The molecule has 0 saturated heterocycles. The minimum Gasteiger partial charge on any atom is -0.494 e. The summed E-state index contributed by atoms with van der Waals surface area (Å²) < 4.78 is 50.0. The average molecular weight is 441 g/mol. The van der Waals surface area contributed by atoms with Gasteiger partial charge in [-0.3, -0.25) is 4.79 Å². The Bertz CT molecular complexity index is 1010. The fourth-order valence-electron chi connectivity index (χ4n) is 2.69. The van der Waals surface area contributed by atoms with Crippen LogP contribution in [0.5, 0.6) is 5.75 Å². The maximum atomic E-state index is 12.9. The zero-order valence-corrected chi connectivity index (χ0v) is 16.0. The van der Waals surface area contributed by atoms with Gasteiger partial charge in [-0.15, -0.1) is 0 Å². The van der Waals surface area contributed by atoms with Gasteiger partial charge in [-0.05, 0) is 55.8 Å². The van der Waals surface area contributed by atoms with Crippen molar-refractivity contribution in [2.45, 2.75) is 19.5 Å². The second kappa shape index (κ2) is 7.76. The number of alkyl halides is 4. The maximum absolute atomic E-state index is 12.9. The molecule has 0 aliphatic heterocycles. The van der Waals surface area contributed by atoms with Crippen LogP contribution < -0.4 is 10.2 Å². The van der Waals surface area contributed by atoms with Gasteiger partial charge in [0, 0.05) is 16.5 Å². The molecule has 3 rings (SSSR count). The largest absolute Gasteiger partial charge is 0.494 e. The molecule has 0 spiro atoms. The molecule has 1 aromatic heterocycles. The van der Waals surface area contributed by atoms with Crippen LogP contribution in [0.2, 0.25) is 0 Å². The van der Waals surface area contributed by atoms with E-state index in [1.807, 2.05) is 0 Å². The van der Waals surface area contributed by atoms with Crippen molar-refractivity contribution in [3.05, 3.63) is 63.8 Å². The maximum Gasteiger partial charge on any atom is 0.416 e. The lowest BCUT2D eigenvalue weighted by Gasteiger charge is -2.11. The van der Waals surface area contributed by atoms with E-state index in [0.717, 1.165) is 23.9 Å². The lowest BCUT2D eigenvalue weighted by Crippen LogP contribution is -2.10. The van der Waals surface area contributed by atoms with Gasteiger partial charge in [-0.2, -0.15) is 13.2 Å². The Balaban J connectivity index is 2.00. The molecule has 0 bridgehead atoms. The molecular formula is C20H16BrF3O3. The van der Waals surface area contributed by atoms with Crippen molar-refractivity contribution in [2.24, 2.45) is 0 Å². The van der Waals surface area contributed by atoms with Crippen LogP contribution in [0.1, 0.15) is 17.5 Å². The van der Waals surface area contributed by atoms with Crippen LogP contribution in [0.4, 0.5) is 13.2 Å².